The second-order valence-electron chi connectivity index (χ2n) is 5.26. The molecule has 0 fully saturated rings. The number of carbonyl (C=O) groups is 1. The van der Waals surface area contributed by atoms with Crippen LogP contribution < -0.4 is 0 Å². The first-order valence-corrected chi connectivity index (χ1v) is 7.64. The first-order valence-electron chi connectivity index (χ1n) is 6.82. The molecule has 3 heteroatoms. The van der Waals surface area contributed by atoms with Crippen molar-refractivity contribution < 1.29 is 9.53 Å². The number of cyclic esters (lactones) is 1. The van der Waals surface area contributed by atoms with E-state index in [1.165, 1.54) is 4.88 Å². The van der Waals surface area contributed by atoms with Gasteiger partial charge in [-0.2, -0.15) is 0 Å². The van der Waals surface area contributed by atoms with Crippen molar-refractivity contribution in [3.8, 4) is 0 Å². The Morgan fingerprint density at radius 1 is 1.10 bits per heavy atom. The highest BCUT2D eigenvalue weighted by molar-refractivity contribution is 7.12. The third-order valence-corrected chi connectivity index (χ3v) is 4.39. The summed E-state index contributed by atoms with van der Waals surface area (Å²) in [6, 6.07) is 10.2. The average Bonchev–Trinajstić information content (AvgIpc) is 3.00. The third-order valence-electron chi connectivity index (χ3n) is 3.44. The van der Waals surface area contributed by atoms with E-state index in [0.29, 0.717) is 11.3 Å². The molecule has 1 aromatic heterocycles. The lowest BCUT2D eigenvalue weighted by Crippen LogP contribution is -1.98. The van der Waals surface area contributed by atoms with Gasteiger partial charge in [0.1, 0.15) is 5.76 Å². The van der Waals surface area contributed by atoms with E-state index >= 15 is 0 Å². The molecular formula is C18H16O2S. The number of hydrogen-bond donors (Lipinski definition) is 0. The maximum atomic E-state index is 12.0. The Labute approximate surface area is 128 Å². The van der Waals surface area contributed by atoms with Crippen molar-refractivity contribution in [1.29, 1.82) is 0 Å². The van der Waals surface area contributed by atoms with Crippen molar-refractivity contribution in [1.82, 2.24) is 0 Å². The van der Waals surface area contributed by atoms with Gasteiger partial charge in [0.05, 0.1) is 5.57 Å². The molecule has 0 amide bonds. The van der Waals surface area contributed by atoms with Crippen LogP contribution in [-0.2, 0) is 9.53 Å². The lowest BCUT2D eigenvalue weighted by atomic mass is 10.0. The fourth-order valence-electron chi connectivity index (χ4n) is 2.31. The zero-order chi connectivity index (χ0) is 15.0. The monoisotopic (exact) mass is 296 g/mol. The van der Waals surface area contributed by atoms with E-state index < -0.39 is 0 Å². The van der Waals surface area contributed by atoms with Gasteiger partial charge in [-0.25, -0.2) is 4.79 Å². The van der Waals surface area contributed by atoms with Gasteiger partial charge in [-0.1, -0.05) is 17.7 Å². The van der Waals surface area contributed by atoms with Crippen molar-refractivity contribution in [3.63, 3.8) is 0 Å². The Bertz CT molecular complexity index is 778. The summed E-state index contributed by atoms with van der Waals surface area (Å²) in [6.45, 7) is 6.11. The molecule has 0 aliphatic carbocycles. The van der Waals surface area contributed by atoms with Crippen LogP contribution >= 0.6 is 11.3 Å². The van der Waals surface area contributed by atoms with Crippen LogP contribution in [0.25, 0.3) is 11.8 Å². The SMILES string of the molecule is Cc1ccc(C)c(C2=C/C(=C\c3ccc(C)s3)C(=O)O2)c1. The molecule has 0 spiro atoms. The van der Waals surface area contributed by atoms with Crippen molar-refractivity contribution in [2.24, 2.45) is 0 Å². The summed E-state index contributed by atoms with van der Waals surface area (Å²) in [5.74, 6) is 0.359. The maximum Gasteiger partial charge on any atom is 0.343 e. The number of ether oxygens (including phenoxy) is 1. The molecule has 0 bridgehead atoms. The lowest BCUT2D eigenvalue weighted by Gasteiger charge is -2.06. The number of hydrogen-bond acceptors (Lipinski definition) is 3. The van der Waals surface area contributed by atoms with E-state index in [1.807, 2.05) is 50.3 Å². The first-order chi connectivity index (χ1) is 10.0. The third kappa shape index (κ3) is 2.83. The van der Waals surface area contributed by atoms with E-state index in [2.05, 4.69) is 13.0 Å². The Kier molecular flexibility index (Phi) is 3.52. The predicted molar refractivity (Wildman–Crippen MR) is 87.0 cm³/mol. The number of esters is 1. The smallest absolute Gasteiger partial charge is 0.343 e. The topological polar surface area (TPSA) is 26.3 Å². The maximum absolute atomic E-state index is 12.0. The van der Waals surface area contributed by atoms with Crippen LogP contribution in [0.4, 0.5) is 0 Å². The van der Waals surface area contributed by atoms with E-state index in [9.17, 15) is 4.79 Å². The average molecular weight is 296 g/mol. The Balaban J connectivity index is 1.99. The molecule has 21 heavy (non-hydrogen) atoms. The molecule has 0 saturated heterocycles. The fraction of sp³-hybridized carbons (Fsp3) is 0.167. The second kappa shape index (κ2) is 5.34. The van der Waals surface area contributed by atoms with E-state index in [0.717, 1.165) is 21.6 Å². The van der Waals surface area contributed by atoms with Crippen LogP contribution in [0.2, 0.25) is 0 Å². The zero-order valence-electron chi connectivity index (χ0n) is 12.3. The van der Waals surface area contributed by atoms with Crippen LogP contribution in [0.1, 0.15) is 26.4 Å². The zero-order valence-corrected chi connectivity index (χ0v) is 13.1. The normalized spacial score (nSPS) is 16.2. The fourth-order valence-corrected chi connectivity index (χ4v) is 3.14. The minimum Gasteiger partial charge on any atom is -0.422 e. The summed E-state index contributed by atoms with van der Waals surface area (Å²) >= 11 is 1.67. The highest BCUT2D eigenvalue weighted by Gasteiger charge is 2.23. The largest absolute Gasteiger partial charge is 0.422 e. The minimum atomic E-state index is -0.281. The van der Waals surface area contributed by atoms with Crippen LogP contribution in [0.5, 0.6) is 0 Å². The van der Waals surface area contributed by atoms with Crippen molar-refractivity contribution in [2.45, 2.75) is 20.8 Å². The summed E-state index contributed by atoms with van der Waals surface area (Å²) in [4.78, 5) is 14.3. The molecule has 0 atom stereocenters. The standard InChI is InChI=1S/C18H16O2S/c1-11-4-5-12(2)16(8-11)17-10-14(18(19)20-17)9-15-7-6-13(3)21-15/h4-10H,1-3H3/b14-9+. The first kappa shape index (κ1) is 13.8. The molecule has 1 aliphatic rings. The predicted octanol–water partition coefficient (Wildman–Crippen LogP) is 4.65. The highest BCUT2D eigenvalue weighted by atomic mass is 32.1. The highest BCUT2D eigenvalue weighted by Crippen LogP contribution is 2.30. The van der Waals surface area contributed by atoms with Crippen LogP contribution in [0, 0.1) is 20.8 Å². The van der Waals surface area contributed by atoms with Gasteiger partial charge in [0.15, 0.2) is 0 Å². The number of carbonyl (C=O) groups excluding carboxylic acids is 1. The van der Waals surface area contributed by atoms with Crippen molar-refractivity contribution in [2.75, 3.05) is 0 Å². The van der Waals surface area contributed by atoms with E-state index in [4.69, 9.17) is 4.74 Å². The molecule has 2 aromatic rings. The molecule has 2 nitrogen and oxygen atoms in total. The van der Waals surface area contributed by atoms with Gasteiger partial charge in [0, 0.05) is 15.3 Å². The quantitative estimate of drug-likeness (QED) is 0.595. The number of aryl methyl sites for hydroxylation is 3. The van der Waals surface area contributed by atoms with Gasteiger partial charge in [-0.3, -0.25) is 0 Å². The number of benzene rings is 1. The van der Waals surface area contributed by atoms with Gasteiger partial charge in [-0.05, 0) is 56.7 Å². The minimum absolute atomic E-state index is 0.281. The second-order valence-corrected chi connectivity index (χ2v) is 6.58. The van der Waals surface area contributed by atoms with Gasteiger partial charge in [0.25, 0.3) is 0 Å². The van der Waals surface area contributed by atoms with Crippen molar-refractivity contribution in [3.05, 3.63) is 68.4 Å². The Morgan fingerprint density at radius 3 is 2.62 bits per heavy atom. The van der Waals surface area contributed by atoms with Gasteiger partial charge in [0.2, 0.25) is 0 Å². The van der Waals surface area contributed by atoms with Gasteiger partial charge in [-0.15, -0.1) is 11.3 Å². The molecule has 106 valence electrons. The van der Waals surface area contributed by atoms with Crippen LogP contribution in [0.15, 0.2) is 42.0 Å². The summed E-state index contributed by atoms with van der Waals surface area (Å²) in [5.41, 5.74) is 3.84. The molecule has 0 radical (unpaired) electrons. The Hall–Kier alpha value is -2.13. The lowest BCUT2D eigenvalue weighted by molar-refractivity contribution is -0.130. The molecule has 3 rings (SSSR count). The number of thiophene rings is 1. The van der Waals surface area contributed by atoms with Crippen LogP contribution in [0.3, 0.4) is 0 Å². The molecule has 2 heterocycles. The molecule has 0 N–H and O–H groups in total. The number of rotatable bonds is 2. The molecule has 0 unspecified atom stereocenters. The molecule has 0 saturated carbocycles. The van der Waals surface area contributed by atoms with E-state index in [1.54, 1.807) is 11.3 Å². The van der Waals surface area contributed by atoms with E-state index in [-0.39, 0.29) is 5.97 Å². The summed E-state index contributed by atoms with van der Waals surface area (Å²) in [5, 5.41) is 0. The molecule has 1 aliphatic heterocycles. The van der Waals surface area contributed by atoms with Crippen molar-refractivity contribution >= 4 is 29.1 Å². The summed E-state index contributed by atoms with van der Waals surface area (Å²) < 4.78 is 5.43. The summed E-state index contributed by atoms with van der Waals surface area (Å²) in [7, 11) is 0. The Morgan fingerprint density at radius 2 is 1.90 bits per heavy atom. The van der Waals surface area contributed by atoms with Gasteiger partial charge < -0.3 is 4.74 Å². The van der Waals surface area contributed by atoms with Gasteiger partial charge >= 0.3 is 5.97 Å². The summed E-state index contributed by atoms with van der Waals surface area (Å²) in [6.07, 6.45) is 3.72. The van der Waals surface area contributed by atoms with Crippen LogP contribution in [-0.4, -0.2) is 5.97 Å². The molecular weight excluding hydrogens is 280 g/mol. The molecule has 1 aromatic carbocycles.